The molecule has 0 aliphatic carbocycles. The van der Waals surface area contributed by atoms with Crippen molar-refractivity contribution in [2.45, 2.75) is 6.92 Å². The second kappa shape index (κ2) is 7.54. The molecule has 2 nitrogen and oxygen atoms in total. The molecule has 0 saturated carbocycles. The van der Waals surface area contributed by atoms with E-state index in [1.807, 2.05) is 49.4 Å². The molecule has 0 aliphatic rings. The lowest BCUT2D eigenvalue weighted by Gasteiger charge is -2.12. The number of hydrogen-bond donors (Lipinski definition) is 0. The smallest absolute Gasteiger partial charge is 0.197 e. The standard InChI is InChI=1S/C23H18O2/c1-17(18-11-5-2-6-12-18)21(22(24)19-13-7-3-8-14-19)23(25)20-15-9-4-10-16-20/h2-16H,1H3. The van der Waals surface area contributed by atoms with E-state index in [1.165, 1.54) is 0 Å². The van der Waals surface area contributed by atoms with E-state index in [9.17, 15) is 9.59 Å². The van der Waals surface area contributed by atoms with E-state index in [-0.39, 0.29) is 17.1 Å². The Morgan fingerprint density at radius 2 is 0.840 bits per heavy atom. The van der Waals surface area contributed by atoms with Crippen LogP contribution in [-0.2, 0) is 0 Å². The monoisotopic (exact) mass is 326 g/mol. The molecule has 0 aromatic heterocycles. The van der Waals surface area contributed by atoms with Gasteiger partial charge in [0.25, 0.3) is 0 Å². The summed E-state index contributed by atoms with van der Waals surface area (Å²) in [7, 11) is 0. The predicted octanol–water partition coefficient (Wildman–Crippen LogP) is 5.23. The summed E-state index contributed by atoms with van der Waals surface area (Å²) in [6.07, 6.45) is 0. The Bertz CT molecular complexity index is 855. The molecule has 3 aromatic rings. The van der Waals surface area contributed by atoms with Crippen LogP contribution < -0.4 is 0 Å². The fraction of sp³-hybridized carbons (Fsp3) is 0.0435. The van der Waals surface area contributed by atoms with E-state index in [4.69, 9.17) is 0 Å². The first-order valence-corrected chi connectivity index (χ1v) is 8.14. The molecule has 0 N–H and O–H groups in total. The van der Waals surface area contributed by atoms with Gasteiger partial charge in [0.2, 0.25) is 0 Å². The van der Waals surface area contributed by atoms with Crippen LogP contribution in [0.25, 0.3) is 5.57 Å². The van der Waals surface area contributed by atoms with E-state index >= 15 is 0 Å². The lowest BCUT2D eigenvalue weighted by atomic mass is 9.89. The Hall–Kier alpha value is -3.26. The van der Waals surface area contributed by atoms with Crippen LogP contribution in [0.4, 0.5) is 0 Å². The van der Waals surface area contributed by atoms with Gasteiger partial charge < -0.3 is 0 Å². The molecule has 0 bridgehead atoms. The molecule has 25 heavy (non-hydrogen) atoms. The second-order valence-corrected chi connectivity index (χ2v) is 5.76. The van der Waals surface area contributed by atoms with Gasteiger partial charge in [0.1, 0.15) is 0 Å². The first-order chi connectivity index (χ1) is 12.2. The van der Waals surface area contributed by atoms with Crippen LogP contribution in [0.3, 0.4) is 0 Å². The Balaban J connectivity index is 2.15. The van der Waals surface area contributed by atoms with Crippen molar-refractivity contribution in [2.75, 3.05) is 0 Å². The number of ketones is 2. The molecule has 0 fully saturated rings. The fourth-order valence-corrected chi connectivity index (χ4v) is 2.74. The van der Waals surface area contributed by atoms with Crippen LogP contribution in [0.15, 0.2) is 96.6 Å². The quantitative estimate of drug-likeness (QED) is 0.278. The molecule has 3 rings (SSSR count). The molecule has 122 valence electrons. The highest BCUT2D eigenvalue weighted by Gasteiger charge is 2.24. The Labute approximate surface area is 147 Å². The Morgan fingerprint density at radius 3 is 1.20 bits per heavy atom. The minimum absolute atomic E-state index is 0.212. The van der Waals surface area contributed by atoms with Crippen molar-refractivity contribution in [3.05, 3.63) is 113 Å². The van der Waals surface area contributed by atoms with Gasteiger partial charge in [0.05, 0.1) is 5.57 Å². The van der Waals surface area contributed by atoms with E-state index in [2.05, 4.69) is 0 Å². The zero-order valence-corrected chi connectivity index (χ0v) is 14.0. The minimum Gasteiger partial charge on any atom is -0.288 e. The summed E-state index contributed by atoms with van der Waals surface area (Å²) in [6.45, 7) is 1.83. The minimum atomic E-state index is -0.254. The van der Waals surface area contributed by atoms with Gasteiger partial charge in [-0.2, -0.15) is 0 Å². The SMILES string of the molecule is CC(=C(C(=O)c1ccccc1)C(=O)c1ccccc1)c1ccccc1. The third kappa shape index (κ3) is 3.64. The van der Waals surface area contributed by atoms with Gasteiger partial charge in [0, 0.05) is 11.1 Å². The third-order valence-corrected chi connectivity index (χ3v) is 4.11. The Kier molecular flexibility index (Phi) is 5.00. The van der Waals surface area contributed by atoms with Gasteiger partial charge in [0.15, 0.2) is 11.6 Å². The van der Waals surface area contributed by atoms with Gasteiger partial charge in [-0.3, -0.25) is 9.59 Å². The van der Waals surface area contributed by atoms with Gasteiger partial charge in [-0.1, -0.05) is 91.0 Å². The van der Waals surface area contributed by atoms with Gasteiger partial charge in [-0.05, 0) is 18.1 Å². The van der Waals surface area contributed by atoms with Crippen LogP contribution in [0.2, 0.25) is 0 Å². The van der Waals surface area contributed by atoms with Crippen LogP contribution in [0.5, 0.6) is 0 Å². The molecular weight excluding hydrogens is 308 g/mol. The van der Waals surface area contributed by atoms with Crippen LogP contribution in [0.1, 0.15) is 33.2 Å². The van der Waals surface area contributed by atoms with E-state index < -0.39 is 0 Å². The first kappa shape index (κ1) is 16.6. The lowest BCUT2D eigenvalue weighted by molar-refractivity contribution is 0.0963. The average molecular weight is 326 g/mol. The molecular formula is C23H18O2. The molecule has 0 atom stereocenters. The molecule has 0 amide bonds. The number of rotatable bonds is 5. The summed E-state index contributed by atoms with van der Waals surface area (Å²) in [5.41, 5.74) is 2.78. The topological polar surface area (TPSA) is 34.1 Å². The number of benzene rings is 3. The second-order valence-electron chi connectivity index (χ2n) is 5.76. The highest BCUT2D eigenvalue weighted by molar-refractivity contribution is 6.34. The van der Waals surface area contributed by atoms with E-state index in [0.29, 0.717) is 16.7 Å². The number of carbonyl (C=O) groups excluding carboxylic acids is 2. The summed E-state index contributed by atoms with van der Waals surface area (Å²) in [5.74, 6) is -0.508. The van der Waals surface area contributed by atoms with Crippen molar-refractivity contribution in [1.82, 2.24) is 0 Å². The van der Waals surface area contributed by atoms with Crippen molar-refractivity contribution in [2.24, 2.45) is 0 Å². The largest absolute Gasteiger partial charge is 0.288 e. The summed E-state index contributed by atoms with van der Waals surface area (Å²) >= 11 is 0. The number of hydrogen-bond acceptors (Lipinski definition) is 2. The third-order valence-electron chi connectivity index (χ3n) is 4.11. The van der Waals surface area contributed by atoms with E-state index in [0.717, 1.165) is 5.56 Å². The van der Waals surface area contributed by atoms with Crippen molar-refractivity contribution >= 4 is 17.1 Å². The van der Waals surface area contributed by atoms with Crippen molar-refractivity contribution in [3.8, 4) is 0 Å². The molecule has 0 unspecified atom stereocenters. The Morgan fingerprint density at radius 1 is 0.520 bits per heavy atom. The highest BCUT2D eigenvalue weighted by atomic mass is 16.1. The number of allylic oxidation sites excluding steroid dienone is 2. The van der Waals surface area contributed by atoms with E-state index in [1.54, 1.807) is 48.5 Å². The van der Waals surface area contributed by atoms with Crippen LogP contribution in [0, 0.1) is 0 Å². The van der Waals surface area contributed by atoms with Gasteiger partial charge in [-0.25, -0.2) is 0 Å². The van der Waals surface area contributed by atoms with Gasteiger partial charge in [-0.15, -0.1) is 0 Å². The maximum absolute atomic E-state index is 13.1. The average Bonchev–Trinajstić information content (AvgIpc) is 2.70. The molecule has 0 heterocycles. The predicted molar refractivity (Wildman–Crippen MR) is 101 cm³/mol. The van der Waals surface area contributed by atoms with Crippen LogP contribution in [-0.4, -0.2) is 11.6 Å². The molecule has 2 heteroatoms. The normalized spacial score (nSPS) is 10.1. The highest BCUT2D eigenvalue weighted by Crippen LogP contribution is 2.24. The molecule has 0 saturated heterocycles. The molecule has 0 aliphatic heterocycles. The van der Waals surface area contributed by atoms with Crippen LogP contribution >= 0.6 is 0 Å². The maximum atomic E-state index is 13.1. The summed E-state index contributed by atoms with van der Waals surface area (Å²) < 4.78 is 0. The summed E-state index contributed by atoms with van der Waals surface area (Å²) in [4.78, 5) is 26.2. The van der Waals surface area contributed by atoms with Crippen molar-refractivity contribution in [1.29, 1.82) is 0 Å². The molecule has 0 radical (unpaired) electrons. The zero-order chi connectivity index (χ0) is 17.6. The number of Topliss-reactive ketones (excluding diaryl/α,β-unsaturated/α-hetero) is 2. The fourth-order valence-electron chi connectivity index (χ4n) is 2.74. The van der Waals surface area contributed by atoms with Gasteiger partial charge >= 0.3 is 0 Å². The molecule has 0 spiro atoms. The van der Waals surface area contributed by atoms with Crippen molar-refractivity contribution in [3.63, 3.8) is 0 Å². The van der Waals surface area contributed by atoms with Crippen molar-refractivity contribution < 1.29 is 9.59 Å². The maximum Gasteiger partial charge on any atom is 0.197 e. The zero-order valence-electron chi connectivity index (χ0n) is 14.0. The molecule has 3 aromatic carbocycles. The summed E-state index contributed by atoms with van der Waals surface area (Å²) in [5, 5.41) is 0. The first-order valence-electron chi connectivity index (χ1n) is 8.14. The lowest BCUT2D eigenvalue weighted by Crippen LogP contribution is -2.15. The number of carbonyl (C=O) groups is 2. The summed E-state index contributed by atoms with van der Waals surface area (Å²) in [6, 6.07) is 27.4.